The van der Waals surface area contributed by atoms with Gasteiger partial charge in [-0.1, -0.05) is 12.1 Å². The summed E-state index contributed by atoms with van der Waals surface area (Å²) in [7, 11) is 0. The Hall–Kier alpha value is -2.98. The molecule has 1 aromatic carbocycles. The van der Waals surface area contributed by atoms with Crippen molar-refractivity contribution in [2.75, 3.05) is 26.2 Å². The van der Waals surface area contributed by atoms with Crippen LogP contribution >= 0.6 is 0 Å². The lowest BCUT2D eigenvalue weighted by atomic mass is 10.1. The van der Waals surface area contributed by atoms with E-state index in [0.29, 0.717) is 25.2 Å². The van der Waals surface area contributed by atoms with E-state index in [1.54, 1.807) is 11.1 Å². The minimum absolute atomic E-state index is 0.0103. The second-order valence-electron chi connectivity index (χ2n) is 7.44. The highest BCUT2D eigenvalue weighted by atomic mass is 16.2. The van der Waals surface area contributed by atoms with Crippen LogP contribution < -0.4 is 5.32 Å². The smallest absolute Gasteiger partial charge is 0.252 e. The molecule has 1 aromatic heterocycles. The Kier molecular flexibility index (Phi) is 5.22. The highest BCUT2D eigenvalue weighted by molar-refractivity contribution is 6.06. The van der Waals surface area contributed by atoms with Gasteiger partial charge in [0.05, 0.1) is 18.1 Å². The van der Waals surface area contributed by atoms with Gasteiger partial charge < -0.3 is 10.2 Å². The zero-order valence-electron chi connectivity index (χ0n) is 15.7. The van der Waals surface area contributed by atoms with Crippen LogP contribution in [0, 0.1) is 11.3 Å². The minimum atomic E-state index is -0.287. The van der Waals surface area contributed by atoms with Gasteiger partial charge in [0.1, 0.15) is 6.04 Å². The van der Waals surface area contributed by atoms with Gasteiger partial charge in [0.2, 0.25) is 5.91 Å². The van der Waals surface area contributed by atoms with E-state index in [9.17, 15) is 9.59 Å². The molecule has 7 nitrogen and oxygen atoms in total. The van der Waals surface area contributed by atoms with Crippen LogP contribution in [0.4, 0.5) is 0 Å². The Balaban J connectivity index is 1.35. The van der Waals surface area contributed by atoms with Crippen LogP contribution in [0.15, 0.2) is 36.5 Å². The number of benzene rings is 1. The van der Waals surface area contributed by atoms with Gasteiger partial charge in [-0.15, -0.1) is 0 Å². The second-order valence-corrected chi connectivity index (χ2v) is 7.44. The lowest BCUT2D eigenvalue weighted by Gasteiger charge is -2.23. The van der Waals surface area contributed by atoms with Gasteiger partial charge in [0.15, 0.2) is 0 Å². The first kappa shape index (κ1) is 18.4. The molecule has 0 saturated carbocycles. The van der Waals surface area contributed by atoms with Crippen LogP contribution in [0.1, 0.15) is 29.6 Å². The van der Waals surface area contributed by atoms with E-state index in [0.717, 1.165) is 36.7 Å². The minimum Gasteiger partial charge on any atom is -0.348 e. The van der Waals surface area contributed by atoms with Crippen LogP contribution in [0.25, 0.3) is 10.9 Å². The largest absolute Gasteiger partial charge is 0.348 e. The maximum Gasteiger partial charge on any atom is 0.252 e. The third-order valence-electron chi connectivity index (χ3n) is 5.58. The van der Waals surface area contributed by atoms with E-state index in [-0.39, 0.29) is 23.9 Å². The Morgan fingerprint density at radius 1 is 1.21 bits per heavy atom. The quantitative estimate of drug-likeness (QED) is 0.873. The van der Waals surface area contributed by atoms with Gasteiger partial charge in [0, 0.05) is 42.8 Å². The first-order valence-corrected chi connectivity index (χ1v) is 9.72. The summed E-state index contributed by atoms with van der Waals surface area (Å²) < 4.78 is 0. The van der Waals surface area contributed by atoms with E-state index in [4.69, 9.17) is 5.26 Å². The number of nitriles is 1. The van der Waals surface area contributed by atoms with Crippen LogP contribution in [0.3, 0.4) is 0 Å². The maximum absolute atomic E-state index is 12.8. The highest BCUT2D eigenvalue weighted by Crippen LogP contribution is 2.19. The SMILES string of the molecule is N#CC1CCCN1C(=O)CN1CCC(NC(=O)c2cccc3ncccc23)C1. The Labute approximate surface area is 163 Å². The average Bonchev–Trinajstić information content (AvgIpc) is 3.36. The summed E-state index contributed by atoms with van der Waals surface area (Å²) in [6.45, 7) is 2.38. The molecule has 28 heavy (non-hydrogen) atoms. The lowest BCUT2D eigenvalue weighted by Crippen LogP contribution is -2.43. The first-order chi connectivity index (χ1) is 13.7. The van der Waals surface area contributed by atoms with E-state index in [2.05, 4.69) is 21.3 Å². The fourth-order valence-electron chi connectivity index (χ4n) is 4.14. The van der Waals surface area contributed by atoms with Crippen molar-refractivity contribution in [2.45, 2.75) is 31.3 Å². The van der Waals surface area contributed by atoms with Gasteiger partial charge in [-0.2, -0.15) is 5.26 Å². The predicted octanol–water partition coefficient (Wildman–Crippen LogP) is 1.55. The van der Waals surface area contributed by atoms with Crippen molar-refractivity contribution < 1.29 is 9.59 Å². The third kappa shape index (κ3) is 3.69. The van der Waals surface area contributed by atoms with Gasteiger partial charge in [-0.25, -0.2) is 0 Å². The molecule has 7 heteroatoms. The second kappa shape index (κ2) is 7.95. The monoisotopic (exact) mass is 377 g/mol. The number of rotatable bonds is 4. The summed E-state index contributed by atoms with van der Waals surface area (Å²) in [4.78, 5) is 33.3. The molecule has 2 atom stereocenters. The van der Waals surface area contributed by atoms with Crippen LogP contribution in [0.2, 0.25) is 0 Å². The number of amides is 2. The molecular weight excluding hydrogens is 354 g/mol. The van der Waals surface area contributed by atoms with E-state index in [1.165, 1.54) is 0 Å². The summed E-state index contributed by atoms with van der Waals surface area (Å²) in [6, 6.07) is 11.2. The van der Waals surface area contributed by atoms with Crippen molar-refractivity contribution in [1.82, 2.24) is 20.1 Å². The average molecular weight is 377 g/mol. The zero-order chi connectivity index (χ0) is 19.5. The topological polar surface area (TPSA) is 89.3 Å². The molecule has 0 aliphatic carbocycles. The number of likely N-dealkylation sites (tertiary alicyclic amines) is 2. The summed E-state index contributed by atoms with van der Waals surface area (Å²) >= 11 is 0. The predicted molar refractivity (Wildman–Crippen MR) is 104 cm³/mol. The number of hydrogen-bond donors (Lipinski definition) is 1. The Bertz CT molecular complexity index is 933. The van der Waals surface area contributed by atoms with Crippen molar-refractivity contribution in [3.63, 3.8) is 0 Å². The van der Waals surface area contributed by atoms with Crippen LogP contribution in [-0.2, 0) is 4.79 Å². The summed E-state index contributed by atoms with van der Waals surface area (Å²) in [5, 5.41) is 13.1. The van der Waals surface area contributed by atoms with Gasteiger partial charge >= 0.3 is 0 Å². The number of pyridine rings is 1. The molecular formula is C21H23N5O2. The molecule has 2 amide bonds. The Morgan fingerprint density at radius 2 is 2.11 bits per heavy atom. The van der Waals surface area contributed by atoms with E-state index in [1.807, 2.05) is 30.3 Å². The number of nitrogens with one attached hydrogen (secondary N) is 1. The highest BCUT2D eigenvalue weighted by Gasteiger charge is 2.32. The van der Waals surface area contributed by atoms with Crippen molar-refractivity contribution in [1.29, 1.82) is 5.26 Å². The molecule has 2 saturated heterocycles. The molecule has 2 aliphatic rings. The van der Waals surface area contributed by atoms with E-state index < -0.39 is 0 Å². The van der Waals surface area contributed by atoms with Crippen molar-refractivity contribution in [3.05, 3.63) is 42.1 Å². The van der Waals surface area contributed by atoms with Crippen LogP contribution in [-0.4, -0.2) is 64.9 Å². The molecule has 2 aliphatic heterocycles. The number of carbonyl (C=O) groups is 2. The number of aromatic nitrogens is 1. The molecule has 2 unspecified atom stereocenters. The molecule has 0 spiro atoms. The first-order valence-electron chi connectivity index (χ1n) is 9.72. The number of nitrogens with zero attached hydrogens (tertiary/aromatic N) is 4. The third-order valence-corrected chi connectivity index (χ3v) is 5.58. The van der Waals surface area contributed by atoms with E-state index >= 15 is 0 Å². The van der Waals surface area contributed by atoms with Crippen molar-refractivity contribution in [3.8, 4) is 6.07 Å². The van der Waals surface area contributed by atoms with Gasteiger partial charge in [-0.3, -0.25) is 19.5 Å². The molecule has 2 aromatic rings. The fraction of sp³-hybridized carbons (Fsp3) is 0.429. The summed E-state index contributed by atoms with van der Waals surface area (Å²) in [6.07, 6.45) is 4.18. The van der Waals surface area contributed by atoms with Gasteiger partial charge in [-0.05, 0) is 37.5 Å². The molecule has 1 N–H and O–H groups in total. The standard InChI is InChI=1S/C21H23N5O2/c22-12-16-4-3-10-26(16)20(27)14-25-11-8-15(13-25)24-21(28)18-5-1-7-19-17(18)6-2-9-23-19/h1-2,5-7,9,15-16H,3-4,8,10-11,13-14H2,(H,24,28). The molecule has 0 radical (unpaired) electrons. The van der Waals surface area contributed by atoms with Crippen LogP contribution in [0.5, 0.6) is 0 Å². The number of fused-ring (bicyclic) bond motifs is 1. The molecule has 0 bridgehead atoms. The zero-order valence-corrected chi connectivity index (χ0v) is 15.7. The lowest BCUT2D eigenvalue weighted by molar-refractivity contribution is -0.132. The number of hydrogen-bond acceptors (Lipinski definition) is 5. The molecule has 3 heterocycles. The summed E-state index contributed by atoms with van der Waals surface area (Å²) in [5.74, 6) is -0.1000. The van der Waals surface area contributed by atoms with Crippen molar-refractivity contribution >= 4 is 22.7 Å². The molecule has 2 fully saturated rings. The fourth-order valence-corrected chi connectivity index (χ4v) is 4.14. The van der Waals surface area contributed by atoms with Crippen molar-refractivity contribution in [2.24, 2.45) is 0 Å². The summed E-state index contributed by atoms with van der Waals surface area (Å²) in [5.41, 5.74) is 1.42. The maximum atomic E-state index is 12.8. The molecule has 144 valence electrons. The van der Waals surface area contributed by atoms with Gasteiger partial charge in [0.25, 0.3) is 5.91 Å². The normalized spacial score (nSPS) is 22.3. The Morgan fingerprint density at radius 3 is 2.96 bits per heavy atom. The molecule has 4 rings (SSSR count). The number of carbonyl (C=O) groups excluding carboxylic acids is 2.